The van der Waals surface area contributed by atoms with Gasteiger partial charge in [-0.05, 0) is 39.3 Å². The van der Waals surface area contributed by atoms with Gasteiger partial charge in [-0.1, -0.05) is 40.0 Å². The monoisotopic (exact) mass is 295 g/mol. The molecule has 1 N–H and O–H groups in total. The zero-order valence-corrected chi connectivity index (χ0v) is 14.3. The molecule has 4 heteroatoms. The van der Waals surface area contributed by atoms with E-state index in [2.05, 4.69) is 42.8 Å². The highest BCUT2D eigenvalue weighted by Gasteiger charge is 2.53. The third-order valence-corrected chi connectivity index (χ3v) is 5.33. The van der Waals surface area contributed by atoms with Crippen LogP contribution < -0.4 is 5.32 Å². The minimum absolute atomic E-state index is 0.225. The minimum Gasteiger partial charge on any atom is -0.322 e. The largest absolute Gasteiger partial charge is 0.322 e. The lowest BCUT2D eigenvalue weighted by molar-refractivity contribution is -0.135. The van der Waals surface area contributed by atoms with E-state index in [9.17, 15) is 4.79 Å². The van der Waals surface area contributed by atoms with E-state index < -0.39 is 0 Å². The predicted octanol–water partition coefficient (Wildman–Crippen LogP) is 2.59. The van der Waals surface area contributed by atoms with Crippen molar-refractivity contribution >= 4 is 5.91 Å². The Morgan fingerprint density at radius 2 is 1.90 bits per heavy atom. The van der Waals surface area contributed by atoms with E-state index in [1.54, 1.807) is 0 Å². The van der Waals surface area contributed by atoms with Crippen molar-refractivity contribution in [2.24, 2.45) is 0 Å². The first-order valence-corrected chi connectivity index (χ1v) is 8.90. The Kier molecular flexibility index (Phi) is 5.67. The number of hydrogen-bond acceptors (Lipinski definition) is 3. The maximum Gasteiger partial charge on any atom is 0.244 e. The summed E-state index contributed by atoms with van der Waals surface area (Å²) in [6, 6.07) is 0.293. The van der Waals surface area contributed by atoms with Crippen LogP contribution in [0.4, 0.5) is 0 Å². The van der Waals surface area contributed by atoms with Crippen LogP contribution in [0.25, 0.3) is 0 Å². The van der Waals surface area contributed by atoms with E-state index in [4.69, 9.17) is 0 Å². The highest BCUT2D eigenvalue weighted by molar-refractivity contribution is 5.89. The first-order valence-electron chi connectivity index (χ1n) is 8.90. The van der Waals surface area contributed by atoms with Crippen LogP contribution in [0.3, 0.4) is 0 Å². The molecule has 0 radical (unpaired) electrons. The summed E-state index contributed by atoms with van der Waals surface area (Å²) in [7, 11) is 0. The Morgan fingerprint density at radius 3 is 2.43 bits per heavy atom. The first-order chi connectivity index (χ1) is 10.1. The number of rotatable bonds is 7. The van der Waals surface area contributed by atoms with Gasteiger partial charge in [0.2, 0.25) is 5.91 Å². The number of carbonyl (C=O) groups is 1. The van der Waals surface area contributed by atoms with Crippen molar-refractivity contribution in [1.82, 2.24) is 15.1 Å². The summed E-state index contributed by atoms with van der Waals surface area (Å²) in [5.74, 6) is 0.373. The van der Waals surface area contributed by atoms with Crippen LogP contribution in [0.2, 0.25) is 0 Å². The van der Waals surface area contributed by atoms with Gasteiger partial charge < -0.3 is 9.80 Å². The lowest BCUT2D eigenvalue weighted by Crippen LogP contribution is -2.49. The lowest BCUT2D eigenvalue weighted by Gasteiger charge is -2.33. The minimum atomic E-state index is -0.225. The molecule has 1 aliphatic carbocycles. The highest BCUT2D eigenvalue weighted by Crippen LogP contribution is 2.38. The summed E-state index contributed by atoms with van der Waals surface area (Å²) in [5, 5.41) is 3.72. The number of nitrogens with zero attached hydrogens (tertiary/aromatic N) is 2. The average Bonchev–Trinajstić information content (AvgIpc) is 3.04. The molecule has 2 atom stereocenters. The van der Waals surface area contributed by atoms with Crippen molar-refractivity contribution in [2.75, 3.05) is 19.6 Å². The fourth-order valence-corrected chi connectivity index (χ4v) is 4.11. The second-order valence-corrected chi connectivity index (χ2v) is 6.79. The zero-order valence-electron chi connectivity index (χ0n) is 14.3. The Labute approximate surface area is 130 Å². The third kappa shape index (κ3) is 3.26. The quantitative estimate of drug-likeness (QED) is 0.784. The van der Waals surface area contributed by atoms with Gasteiger partial charge in [0.25, 0.3) is 0 Å². The van der Waals surface area contributed by atoms with Gasteiger partial charge in [0.15, 0.2) is 0 Å². The summed E-state index contributed by atoms with van der Waals surface area (Å²) < 4.78 is 0. The molecule has 122 valence electrons. The molecule has 1 amide bonds. The second-order valence-electron chi connectivity index (χ2n) is 6.79. The van der Waals surface area contributed by atoms with Crippen molar-refractivity contribution in [3.63, 3.8) is 0 Å². The first kappa shape index (κ1) is 16.8. The van der Waals surface area contributed by atoms with Crippen molar-refractivity contribution in [2.45, 2.75) is 84.0 Å². The fourth-order valence-electron chi connectivity index (χ4n) is 4.11. The summed E-state index contributed by atoms with van der Waals surface area (Å²) in [4.78, 5) is 17.7. The van der Waals surface area contributed by atoms with Gasteiger partial charge in [-0.2, -0.15) is 0 Å². The van der Waals surface area contributed by atoms with E-state index in [1.807, 2.05) is 0 Å². The van der Waals surface area contributed by atoms with Gasteiger partial charge in [0, 0.05) is 12.6 Å². The molecular weight excluding hydrogens is 262 g/mol. The number of likely N-dealkylation sites (N-methyl/N-ethyl adjacent to an activating group) is 1. The van der Waals surface area contributed by atoms with Gasteiger partial charge in [-0.15, -0.1) is 0 Å². The fraction of sp³-hybridized carbons (Fsp3) is 0.941. The summed E-state index contributed by atoms with van der Waals surface area (Å²) in [6.45, 7) is 11.9. The Bertz CT molecular complexity index is 348. The van der Waals surface area contributed by atoms with E-state index >= 15 is 0 Å². The molecule has 1 aliphatic heterocycles. The van der Waals surface area contributed by atoms with Crippen molar-refractivity contribution in [3.8, 4) is 0 Å². The van der Waals surface area contributed by atoms with Gasteiger partial charge in [-0.25, -0.2) is 0 Å². The molecular formula is C17H33N3O. The summed E-state index contributed by atoms with van der Waals surface area (Å²) >= 11 is 0. The summed E-state index contributed by atoms with van der Waals surface area (Å²) in [6.07, 6.45) is 6.87. The molecule has 1 heterocycles. The van der Waals surface area contributed by atoms with Crippen molar-refractivity contribution in [3.05, 3.63) is 0 Å². The maximum absolute atomic E-state index is 13.1. The lowest BCUT2D eigenvalue weighted by atomic mass is 9.97. The molecule has 2 rings (SSSR count). The molecule has 0 aromatic rings. The average molecular weight is 295 g/mol. The topological polar surface area (TPSA) is 35.6 Å². The molecule has 21 heavy (non-hydrogen) atoms. The smallest absolute Gasteiger partial charge is 0.244 e. The Morgan fingerprint density at radius 1 is 1.29 bits per heavy atom. The van der Waals surface area contributed by atoms with E-state index in [-0.39, 0.29) is 11.7 Å². The number of carbonyl (C=O) groups excluding carboxylic acids is 1. The molecule has 0 aromatic carbocycles. The number of amides is 1. The highest BCUT2D eigenvalue weighted by atomic mass is 16.2. The van der Waals surface area contributed by atoms with Gasteiger partial charge in [0.05, 0.1) is 11.7 Å². The molecule has 2 unspecified atom stereocenters. The van der Waals surface area contributed by atoms with Gasteiger partial charge >= 0.3 is 0 Å². The van der Waals surface area contributed by atoms with E-state index in [1.165, 1.54) is 12.8 Å². The van der Waals surface area contributed by atoms with Crippen LogP contribution >= 0.6 is 0 Å². The molecule has 2 aliphatic rings. The second kappa shape index (κ2) is 7.10. The van der Waals surface area contributed by atoms with Crippen LogP contribution in [-0.2, 0) is 4.79 Å². The molecule has 0 aromatic heterocycles. The van der Waals surface area contributed by atoms with Crippen LogP contribution in [0.15, 0.2) is 0 Å². The van der Waals surface area contributed by atoms with E-state index in [0.29, 0.717) is 11.9 Å². The molecule has 2 fully saturated rings. The van der Waals surface area contributed by atoms with Crippen LogP contribution in [0.5, 0.6) is 0 Å². The van der Waals surface area contributed by atoms with Gasteiger partial charge in [-0.3, -0.25) is 10.1 Å². The third-order valence-electron chi connectivity index (χ3n) is 5.33. The SMILES string of the molecule is CCCC1NC2(CCCC2)C(=O)N1C(C)CN(CC)CC. The Hall–Kier alpha value is -0.610. The molecule has 1 saturated carbocycles. The standard InChI is InChI=1S/C17H33N3O/c1-5-10-15-18-17(11-8-9-12-17)16(21)20(15)14(4)13-19(6-2)7-3/h14-15,18H,5-13H2,1-4H3. The summed E-state index contributed by atoms with van der Waals surface area (Å²) in [5.41, 5.74) is -0.225. The maximum atomic E-state index is 13.1. The van der Waals surface area contributed by atoms with Crippen molar-refractivity contribution in [1.29, 1.82) is 0 Å². The molecule has 0 bridgehead atoms. The zero-order chi connectivity index (χ0) is 15.5. The van der Waals surface area contributed by atoms with Crippen molar-refractivity contribution < 1.29 is 4.79 Å². The Balaban J connectivity index is 2.12. The van der Waals surface area contributed by atoms with Crippen LogP contribution in [0.1, 0.15) is 66.2 Å². The predicted molar refractivity (Wildman–Crippen MR) is 87.1 cm³/mol. The molecule has 1 spiro atoms. The van der Waals surface area contributed by atoms with Gasteiger partial charge in [0.1, 0.15) is 0 Å². The van der Waals surface area contributed by atoms with E-state index in [0.717, 1.165) is 45.3 Å². The molecule has 1 saturated heterocycles. The van der Waals surface area contributed by atoms with Crippen LogP contribution in [-0.4, -0.2) is 53.1 Å². The normalized spacial score (nSPS) is 26.2. The number of hydrogen-bond donors (Lipinski definition) is 1. The number of nitrogens with one attached hydrogen (secondary N) is 1. The van der Waals surface area contributed by atoms with Crippen LogP contribution in [0, 0.1) is 0 Å². The molecule has 4 nitrogen and oxygen atoms in total.